The lowest BCUT2D eigenvalue weighted by molar-refractivity contribution is 0.725. The lowest BCUT2D eigenvalue weighted by Crippen LogP contribution is -1.91. The topological polar surface area (TPSA) is 42.8 Å². The van der Waals surface area contributed by atoms with Crippen LogP contribution in [-0.4, -0.2) is 10.2 Å². The van der Waals surface area contributed by atoms with Crippen molar-refractivity contribution in [3.8, 4) is 0 Å². The molecule has 0 bridgehead atoms. The maximum atomic E-state index is 4.13. The summed E-state index contributed by atoms with van der Waals surface area (Å²) in [5.74, 6) is 0. The molecule has 0 unspecified atom stereocenters. The van der Waals surface area contributed by atoms with Gasteiger partial charge in [0, 0.05) is 18.3 Å². The molecule has 0 atom stereocenters. The minimum Gasteiger partial charge on any atom is -0.285 e. The summed E-state index contributed by atoms with van der Waals surface area (Å²) in [6.07, 6.45) is 1.91. The van der Waals surface area contributed by atoms with Crippen molar-refractivity contribution in [2.45, 2.75) is 13.1 Å². The molecule has 1 aromatic heterocycles. The van der Waals surface area contributed by atoms with Gasteiger partial charge in [0.25, 0.3) is 0 Å². The zero-order chi connectivity index (χ0) is 5.40. The SMILES string of the molecule is c1[nH]nc2c1C[N]C2. The van der Waals surface area contributed by atoms with Crippen molar-refractivity contribution in [1.82, 2.24) is 15.5 Å². The van der Waals surface area contributed by atoms with Crippen LogP contribution in [0.2, 0.25) is 0 Å². The van der Waals surface area contributed by atoms with E-state index in [0.29, 0.717) is 0 Å². The van der Waals surface area contributed by atoms with Gasteiger partial charge in [-0.1, -0.05) is 0 Å². The Labute approximate surface area is 47.1 Å². The monoisotopic (exact) mass is 108 g/mol. The second-order valence-electron chi connectivity index (χ2n) is 1.90. The number of nitrogens with one attached hydrogen (secondary N) is 1. The van der Waals surface area contributed by atoms with E-state index in [1.54, 1.807) is 0 Å². The number of aromatic amines is 1. The van der Waals surface area contributed by atoms with Crippen molar-refractivity contribution >= 4 is 0 Å². The maximum Gasteiger partial charge on any atom is 0.0822 e. The highest BCUT2D eigenvalue weighted by molar-refractivity contribution is 5.19. The molecule has 41 valence electrons. The van der Waals surface area contributed by atoms with Crippen LogP contribution in [0.3, 0.4) is 0 Å². The Morgan fingerprint density at radius 1 is 1.50 bits per heavy atom. The van der Waals surface area contributed by atoms with Gasteiger partial charge < -0.3 is 0 Å². The third-order valence-corrected chi connectivity index (χ3v) is 1.35. The fourth-order valence-electron chi connectivity index (χ4n) is 0.899. The largest absolute Gasteiger partial charge is 0.285 e. The summed E-state index contributed by atoms with van der Waals surface area (Å²) >= 11 is 0. The molecule has 3 heteroatoms. The van der Waals surface area contributed by atoms with E-state index in [9.17, 15) is 0 Å². The van der Waals surface area contributed by atoms with Gasteiger partial charge in [0.1, 0.15) is 0 Å². The molecule has 1 aliphatic rings. The number of aromatic nitrogens is 2. The molecule has 1 aromatic rings. The predicted molar refractivity (Wildman–Crippen MR) is 28.1 cm³/mol. The number of rotatable bonds is 0. The highest BCUT2D eigenvalue weighted by atomic mass is 15.1. The quantitative estimate of drug-likeness (QED) is 0.500. The van der Waals surface area contributed by atoms with E-state index in [2.05, 4.69) is 15.5 Å². The average molecular weight is 108 g/mol. The standard InChI is InChI=1S/C5H6N3/c1-4-2-7-8-5(4)3-6-1/h2H,1,3H2,(H,7,8). The van der Waals surface area contributed by atoms with E-state index in [4.69, 9.17) is 0 Å². The summed E-state index contributed by atoms with van der Waals surface area (Å²) in [6, 6.07) is 0. The highest BCUT2D eigenvalue weighted by Crippen LogP contribution is 2.10. The first-order valence-electron chi connectivity index (χ1n) is 2.61. The normalized spacial score (nSPS) is 16.5. The fraction of sp³-hybridized carbons (Fsp3) is 0.400. The van der Waals surface area contributed by atoms with Gasteiger partial charge in [-0.3, -0.25) is 5.10 Å². The van der Waals surface area contributed by atoms with Crippen molar-refractivity contribution in [1.29, 1.82) is 0 Å². The van der Waals surface area contributed by atoms with E-state index in [-0.39, 0.29) is 0 Å². The molecule has 0 aliphatic carbocycles. The van der Waals surface area contributed by atoms with E-state index < -0.39 is 0 Å². The van der Waals surface area contributed by atoms with Gasteiger partial charge in [0.05, 0.1) is 12.2 Å². The van der Waals surface area contributed by atoms with Crippen LogP contribution in [0, 0.1) is 0 Å². The van der Waals surface area contributed by atoms with Crippen molar-refractivity contribution in [2.24, 2.45) is 0 Å². The number of nitrogens with zero attached hydrogens (tertiary/aromatic N) is 2. The summed E-state index contributed by atoms with van der Waals surface area (Å²) in [4.78, 5) is 0. The molecule has 0 saturated heterocycles. The Hall–Kier alpha value is -0.830. The molecule has 1 radical (unpaired) electrons. The van der Waals surface area contributed by atoms with Crippen LogP contribution in [-0.2, 0) is 13.1 Å². The molecule has 1 N–H and O–H groups in total. The maximum absolute atomic E-state index is 4.13. The summed E-state index contributed by atoms with van der Waals surface area (Å²) in [7, 11) is 0. The zero-order valence-electron chi connectivity index (χ0n) is 4.39. The number of H-pyrrole nitrogens is 1. The van der Waals surface area contributed by atoms with E-state index in [0.717, 1.165) is 18.8 Å². The molecular formula is C5H6N3. The first kappa shape index (κ1) is 4.09. The molecular weight excluding hydrogens is 102 g/mol. The van der Waals surface area contributed by atoms with Gasteiger partial charge >= 0.3 is 0 Å². The Morgan fingerprint density at radius 2 is 2.50 bits per heavy atom. The molecule has 0 saturated carbocycles. The molecule has 0 fully saturated rings. The minimum absolute atomic E-state index is 0.804. The van der Waals surface area contributed by atoms with Gasteiger partial charge in [-0.15, -0.1) is 0 Å². The predicted octanol–water partition coefficient (Wildman–Crippen LogP) is 0.0277. The van der Waals surface area contributed by atoms with Gasteiger partial charge in [-0.2, -0.15) is 5.10 Å². The van der Waals surface area contributed by atoms with E-state index in [1.807, 2.05) is 6.20 Å². The second kappa shape index (κ2) is 1.32. The van der Waals surface area contributed by atoms with Gasteiger partial charge in [0.15, 0.2) is 0 Å². The summed E-state index contributed by atoms with van der Waals surface area (Å²) in [6.45, 7) is 1.66. The fourth-order valence-corrected chi connectivity index (χ4v) is 0.899. The lowest BCUT2D eigenvalue weighted by atomic mass is 10.3. The third kappa shape index (κ3) is 0.391. The van der Waals surface area contributed by atoms with Crippen molar-refractivity contribution < 1.29 is 0 Å². The summed E-state index contributed by atoms with van der Waals surface area (Å²) in [5, 5.41) is 10.9. The Kier molecular flexibility index (Phi) is 0.676. The number of fused-ring (bicyclic) bond motifs is 1. The first-order chi connectivity index (χ1) is 3.97. The van der Waals surface area contributed by atoms with E-state index >= 15 is 0 Å². The minimum atomic E-state index is 0.804. The summed E-state index contributed by atoms with van der Waals surface area (Å²) in [5.41, 5.74) is 2.37. The third-order valence-electron chi connectivity index (χ3n) is 1.35. The number of hydrogen-bond donors (Lipinski definition) is 1. The van der Waals surface area contributed by atoms with Gasteiger partial charge in [-0.25, -0.2) is 5.32 Å². The van der Waals surface area contributed by atoms with Crippen molar-refractivity contribution in [2.75, 3.05) is 0 Å². The number of hydrogen-bond acceptors (Lipinski definition) is 1. The molecule has 2 rings (SSSR count). The Balaban J connectivity index is 2.54. The molecule has 0 spiro atoms. The van der Waals surface area contributed by atoms with Crippen molar-refractivity contribution in [3.05, 3.63) is 17.5 Å². The van der Waals surface area contributed by atoms with Gasteiger partial charge in [0.2, 0.25) is 0 Å². The van der Waals surface area contributed by atoms with Crippen LogP contribution in [0.5, 0.6) is 0 Å². The van der Waals surface area contributed by atoms with Crippen LogP contribution in [0.1, 0.15) is 11.3 Å². The van der Waals surface area contributed by atoms with Gasteiger partial charge in [-0.05, 0) is 0 Å². The van der Waals surface area contributed by atoms with Crippen LogP contribution in [0.25, 0.3) is 0 Å². The lowest BCUT2D eigenvalue weighted by Gasteiger charge is -1.78. The zero-order valence-corrected chi connectivity index (χ0v) is 4.39. The molecule has 1 aliphatic heterocycles. The van der Waals surface area contributed by atoms with Crippen LogP contribution in [0.4, 0.5) is 0 Å². The van der Waals surface area contributed by atoms with Crippen LogP contribution >= 0.6 is 0 Å². The Morgan fingerprint density at radius 3 is 3.38 bits per heavy atom. The average Bonchev–Trinajstić information content (AvgIpc) is 2.15. The van der Waals surface area contributed by atoms with Crippen LogP contribution < -0.4 is 5.32 Å². The molecule has 8 heavy (non-hydrogen) atoms. The van der Waals surface area contributed by atoms with E-state index in [1.165, 1.54) is 5.56 Å². The summed E-state index contributed by atoms with van der Waals surface area (Å²) < 4.78 is 0. The highest BCUT2D eigenvalue weighted by Gasteiger charge is 2.11. The second-order valence-corrected chi connectivity index (χ2v) is 1.90. The molecule has 0 aromatic carbocycles. The molecule has 2 heterocycles. The Bertz CT molecular complexity index is 173. The smallest absolute Gasteiger partial charge is 0.0822 e. The van der Waals surface area contributed by atoms with Crippen LogP contribution in [0.15, 0.2) is 6.20 Å². The van der Waals surface area contributed by atoms with Crippen molar-refractivity contribution in [3.63, 3.8) is 0 Å². The molecule has 3 nitrogen and oxygen atoms in total. The molecule has 0 amide bonds. The first-order valence-corrected chi connectivity index (χ1v) is 2.61.